The van der Waals surface area contributed by atoms with Crippen molar-refractivity contribution >= 4 is 15.9 Å². The van der Waals surface area contributed by atoms with Crippen LogP contribution in [-0.2, 0) is 16.6 Å². The van der Waals surface area contributed by atoms with Gasteiger partial charge in [-0.25, -0.2) is 8.42 Å². The number of benzene rings is 2. The molecule has 1 aliphatic heterocycles. The molecule has 1 saturated heterocycles. The lowest BCUT2D eigenvalue weighted by molar-refractivity contribution is 0.0698. The molecule has 1 fully saturated rings. The van der Waals surface area contributed by atoms with Crippen molar-refractivity contribution in [3.8, 4) is 5.75 Å². The number of carbonyl (C=O) groups is 1. The quantitative estimate of drug-likeness (QED) is 0.832. The Morgan fingerprint density at radius 1 is 1.00 bits per heavy atom. The van der Waals surface area contributed by atoms with Gasteiger partial charge in [-0.2, -0.15) is 4.31 Å². The summed E-state index contributed by atoms with van der Waals surface area (Å²) in [6, 6.07) is 13.5. The van der Waals surface area contributed by atoms with E-state index in [-0.39, 0.29) is 23.9 Å². The normalized spacial score (nSPS) is 15.6. The highest BCUT2D eigenvalue weighted by atomic mass is 32.2. The summed E-state index contributed by atoms with van der Waals surface area (Å²) >= 11 is 0. The molecule has 2 N–H and O–H groups in total. The molecule has 1 aliphatic rings. The molecule has 7 nitrogen and oxygen atoms in total. The highest BCUT2D eigenvalue weighted by Gasteiger charge is 2.30. The average molecular weight is 389 g/mol. The SMILES string of the molecule is COc1ccc(S(=O)(=O)N2CCN(C(=O)c3ccc(CN)cc3)CC2)cc1. The van der Waals surface area contributed by atoms with Crippen LogP contribution in [0.4, 0.5) is 0 Å². The van der Waals surface area contributed by atoms with E-state index in [1.54, 1.807) is 29.2 Å². The molecule has 2 aromatic carbocycles. The first-order chi connectivity index (χ1) is 13.0. The van der Waals surface area contributed by atoms with E-state index in [9.17, 15) is 13.2 Å². The molecule has 0 radical (unpaired) electrons. The van der Waals surface area contributed by atoms with Crippen molar-refractivity contribution in [2.75, 3.05) is 33.3 Å². The minimum absolute atomic E-state index is 0.0972. The third-order valence-corrected chi connectivity index (χ3v) is 6.57. The lowest BCUT2D eigenvalue weighted by atomic mass is 10.1. The Bertz CT molecular complexity index is 888. The Morgan fingerprint density at radius 2 is 1.59 bits per heavy atom. The first-order valence-electron chi connectivity index (χ1n) is 8.68. The maximum Gasteiger partial charge on any atom is 0.253 e. The van der Waals surface area contributed by atoms with Gasteiger partial charge in [-0.05, 0) is 42.0 Å². The summed E-state index contributed by atoms with van der Waals surface area (Å²) in [6.45, 7) is 1.66. The topological polar surface area (TPSA) is 92.9 Å². The van der Waals surface area contributed by atoms with Crippen LogP contribution in [0.3, 0.4) is 0 Å². The fourth-order valence-corrected chi connectivity index (χ4v) is 4.42. The Hall–Kier alpha value is -2.42. The van der Waals surface area contributed by atoms with Gasteiger partial charge in [0.05, 0.1) is 12.0 Å². The molecule has 2 aromatic rings. The maximum absolute atomic E-state index is 12.8. The predicted molar refractivity (Wildman–Crippen MR) is 102 cm³/mol. The highest BCUT2D eigenvalue weighted by molar-refractivity contribution is 7.89. The summed E-state index contributed by atoms with van der Waals surface area (Å²) in [6.07, 6.45) is 0. The highest BCUT2D eigenvalue weighted by Crippen LogP contribution is 2.21. The standard InChI is InChI=1S/C19H23N3O4S/c1-26-17-6-8-18(9-7-17)27(24,25)22-12-10-21(11-13-22)19(23)16-4-2-15(14-20)3-5-16/h2-9H,10-14,20H2,1H3. The second kappa shape index (κ2) is 8.08. The number of piperazine rings is 1. The van der Waals surface area contributed by atoms with Crippen LogP contribution < -0.4 is 10.5 Å². The number of rotatable bonds is 5. The van der Waals surface area contributed by atoms with Gasteiger partial charge in [0.1, 0.15) is 5.75 Å². The third kappa shape index (κ3) is 4.13. The van der Waals surface area contributed by atoms with Crippen LogP contribution >= 0.6 is 0 Å². The second-order valence-electron chi connectivity index (χ2n) is 6.27. The molecule has 3 rings (SSSR count). The van der Waals surface area contributed by atoms with Gasteiger partial charge in [0.2, 0.25) is 10.0 Å². The number of nitrogens with two attached hydrogens (primary N) is 1. The molecular weight excluding hydrogens is 366 g/mol. The second-order valence-corrected chi connectivity index (χ2v) is 8.21. The molecule has 1 heterocycles. The van der Waals surface area contributed by atoms with Crippen molar-refractivity contribution in [3.63, 3.8) is 0 Å². The smallest absolute Gasteiger partial charge is 0.253 e. The Labute approximate surface area is 159 Å². The van der Waals surface area contributed by atoms with Gasteiger partial charge >= 0.3 is 0 Å². The Balaban J connectivity index is 1.65. The molecule has 0 unspecified atom stereocenters. The number of hydrogen-bond acceptors (Lipinski definition) is 5. The fraction of sp³-hybridized carbons (Fsp3) is 0.316. The van der Waals surface area contributed by atoms with Gasteiger partial charge in [-0.3, -0.25) is 4.79 Å². The van der Waals surface area contributed by atoms with E-state index in [4.69, 9.17) is 10.5 Å². The van der Waals surface area contributed by atoms with Gasteiger partial charge in [-0.15, -0.1) is 0 Å². The summed E-state index contributed by atoms with van der Waals surface area (Å²) in [7, 11) is -2.05. The van der Waals surface area contributed by atoms with Gasteiger partial charge < -0.3 is 15.4 Å². The van der Waals surface area contributed by atoms with Gasteiger partial charge in [0.25, 0.3) is 5.91 Å². The molecule has 8 heteroatoms. The van der Waals surface area contributed by atoms with Crippen molar-refractivity contribution in [3.05, 3.63) is 59.7 Å². The molecule has 0 atom stereocenters. The number of hydrogen-bond donors (Lipinski definition) is 1. The zero-order chi connectivity index (χ0) is 19.4. The van der Waals surface area contributed by atoms with Crippen molar-refractivity contribution < 1.29 is 17.9 Å². The van der Waals surface area contributed by atoms with Crippen LogP contribution in [0, 0.1) is 0 Å². The number of methoxy groups -OCH3 is 1. The minimum atomic E-state index is -3.58. The van der Waals surface area contributed by atoms with E-state index in [0.717, 1.165) is 5.56 Å². The molecule has 0 saturated carbocycles. The van der Waals surface area contributed by atoms with Crippen LogP contribution in [0.15, 0.2) is 53.4 Å². The Kier molecular flexibility index (Phi) is 5.79. The van der Waals surface area contributed by atoms with Gasteiger partial charge in [0.15, 0.2) is 0 Å². The van der Waals surface area contributed by atoms with Gasteiger partial charge in [0, 0.05) is 38.3 Å². The minimum Gasteiger partial charge on any atom is -0.497 e. The molecule has 0 spiro atoms. The summed E-state index contributed by atoms with van der Waals surface area (Å²) in [5.74, 6) is 0.505. The first kappa shape index (κ1) is 19.3. The molecule has 0 aliphatic carbocycles. The Morgan fingerprint density at radius 3 is 2.11 bits per heavy atom. The van der Waals surface area contributed by atoms with E-state index in [1.165, 1.54) is 23.5 Å². The zero-order valence-corrected chi connectivity index (χ0v) is 16.0. The van der Waals surface area contributed by atoms with Crippen LogP contribution in [0.25, 0.3) is 0 Å². The molecule has 0 bridgehead atoms. The summed E-state index contributed by atoms with van der Waals surface area (Å²) in [4.78, 5) is 14.5. The van der Waals surface area contributed by atoms with Crippen molar-refractivity contribution in [2.45, 2.75) is 11.4 Å². The van der Waals surface area contributed by atoms with Gasteiger partial charge in [-0.1, -0.05) is 12.1 Å². The van der Waals surface area contributed by atoms with E-state index >= 15 is 0 Å². The maximum atomic E-state index is 12.8. The first-order valence-corrected chi connectivity index (χ1v) is 10.1. The largest absolute Gasteiger partial charge is 0.497 e. The van der Waals surface area contributed by atoms with Crippen LogP contribution in [0.2, 0.25) is 0 Å². The molecule has 0 aromatic heterocycles. The lowest BCUT2D eigenvalue weighted by Crippen LogP contribution is -2.50. The van der Waals surface area contributed by atoms with Crippen molar-refractivity contribution in [1.29, 1.82) is 0 Å². The van der Waals surface area contributed by atoms with E-state index in [1.807, 2.05) is 12.1 Å². The van der Waals surface area contributed by atoms with E-state index in [2.05, 4.69) is 0 Å². The number of ether oxygens (including phenoxy) is 1. The summed E-state index contributed by atoms with van der Waals surface area (Å²) < 4.78 is 32.0. The number of amides is 1. The zero-order valence-electron chi connectivity index (χ0n) is 15.2. The predicted octanol–water partition coefficient (Wildman–Crippen LogP) is 1.30. The third-order valence-electron chi connectivity index (χ3n) is 4.66. The fourth-order valence-electron chi connectivity index (χ4n) is 2.99. The van der Waals surface area contributed by atoms with Crippen LogP contribution in [0.5, 0.6) is 5.75 Å². The number of nitrogens with zero attached hydrogens (tertiary/aromatic N) is 2. The van der Waals surface area contributed by atoms with Crippen molar-refractivity contribution in [2.24, 2.45) is 5.73 Å². The van der Waals surface area contributed by atoms with Crippen LogP contribution in [-0.4, -0.2) is 56.8 Å². The molecule has 1 amide bonds. The summed E-state index contributed by atoms with van der Waals surface area (Å²) in [5, 5.41) is 0. The lowest BCUT2D eigenvalue weighted by Gasteiger charge is -2.34. The van der Waals surface area contributed by atoms with E-state index in [0.29, 0.717) is 30.9 Å². The van der Waals surface area contributed by atoms with Crippen molar-refractivity contribution in [1.82, 2.24) is 9.21 Å². The summed E-state index contributed by atoms with van der Waals surface area (Å²) in [5.41, 5.74) is 7.12. The monoisotopic (exact) mass is 389 g/mol. The molecular formula is C19H23N3O4S. The average Bonchev–Trinajstić information content (AvgIpc) is 2.73. The molecule has 144 valence electrons. The van der Waals surface area contributed by atoms with E-state index < -0.39 is 10.0 Å². The van der Waals surface area contributed by atoms with Crippen LogP contribution in [0.1, 0.15) is 15.9 Å². The number of carbonyl (C=O) groups excluding carboxylic acids is 1. The molecule has 27 heavy (non-hydrogen) atoms. The number of sulfonamides is 1.